The van der Waals surface area contributed by atoms with Crippen molar-refractivity contribution in [2.24, 2.45) is 0 Å². The van der Waals surface area contributed by atoms with Gasteiger partial charge in [-0.3, -0.25) is 4.79 Å². The minimum atomic E-state index is -0.0990. The Balaban J connectivity index is 1.99. The Hall–Kier alpha value is -1.95. The molecule has 1 heterocycles. The first-order valence-corrected chi connectivity index (χ1v) is 9.87. The van der Waals surface area contributed by atoms with Gasteiger partial charge in [0.15, 0.2) is 0 Å². The number of nitrogens with zero attached hydrogens (tertiary/aromatic N) is 1. The van der Waals surface area contributed by atoms with Crippen LogP contribution in [-0.2, 0) is 12.8 Å². The number of aliphatic hydroxyl groups excluding tert-OH is 1. The fourth-order valence-electron chi connectivity index (χ4n) is 3.27. The van der Waals surface area contributed by atoms with Crippen LogP contribution in [0, 0.1) is 0 Å². The highest BCUT2D eigenvalue weighted by Crippen LogP contribution is 2.38. The topological polar surface area (TPSA) is 52.6 Å². The summed E-state index contributed by atoms with van der Waals surface area (Å²) < 4.78 is 0. The summed E-state index contributed by atoms with van der Waals surface area (Å²) in [5.41, 5.74) is 5.16. The Morgan fingerprint density at radius 3 is 2.81 bits per heavy atom. The van der Waals surface area contributed by atoms with Crippen LogP contribution < -0.4 is 5.32 Å². The molecular formula is C21H26N2O2S. The monoisotopic (exact) mass is 370 g/mol. The van der Waals surface area contributed by atoms with Crippen molar-refractivity contribution < 1.29 is 9.90 Å². The lowest BCUT2D eigenvalue weighted by Crippen LogP contribution is -2.25. The van der Waals surface area contributed by atoms with E-state index in [9.17, 15) is 4.79 Å². The van der Waals surface area contributed by atoms with Crippen LogP contribution in [0.15, 0.2) is 36.4 Å². The summed E-state index contributed by atoms with van der Waals surface area (Å²) in [6, 6.07) is 10.6. The molecule has 138 valence electrons. The molecule has 1 aromatic heterocycles. The SMILES string of the molecule is CN(C)CCC=C1c2ccccc2CCc2cc(C(=O)NCCO)sc21. The molecule has 5 heteroatoms. The molecule has 1 aliphatic rings. The molecule has 0 spiro atoms. The highest BCUT2D eigenvalue weighted by atomic mass is 32.1. The first-order valence-electron chi connectivity index (χ1n) is 9.05. The zero-order valence-electron chi connectivity index (χ0n) is 15.4. The second-order valence-electron chi connectivity index (χ2n) is 6.81. The Morgan fingerprint density at radius 1 is 1.27 bits per heavy atom. The van der Waals surface area contributed by atoms with Crippen LogP contribution in [0.3, 0.4) is 0 Å². The lowest BCUT2D eigenvalue weighted by atomic mass is 9.98. The van der Waals surface area contributed by atoms with Gasteiger partial charge in [0, 0.05) is 18.0 Å². The zero-order valence-corrected chi connectivity index (χ0v) is 16.2. The summed E-state index contributed by atoms with van der Waals surface area (Å²) in [6.45, 7) is 1.24. The number of hydrogen-bond acceptors (Lipinski definition) is 4. The number of hydrogen-bond donors (Lipinski definition) is 2. The fourth-order valence-corrected chi connectivity index (χ4v) is 4.45. The van der Waals surface area contributed by atoms with Crippen molar-refractivity contribution in [1.82, 2.24) is 10.2 Å². The number of aliphatic hydroxyl groups is 1. The normalized spacial score (nSPS) is 14.8. The Labute approximate surface area is 159 Å². The lowest BCUT2D eigenvalue weighted by molar-refractivity contribution is 0.0949. The van der Waals surface area contributed by atoms with Gasteiger partial charge in [-0.15, -0.1) is 11.3 Å². The highest BCUT2D eigenvalue weighted by molar-refractivity contribution is 7.15. The quantitative estimate of drug-likeness (QED) is 0.822. The van der Waals surface area contributed by atoms with Gasteiger partial charge < -0.3 is 15.3 Å². The number of fused-ring (bicyclic) bond motifs is 2. The van der Waals surface area contributed by atoms with Crippen LogP contribution in [0.1, 0.15) is 37.7 Å². The lowest BCUT2D eigenvalue weighted by Gasteiger charge is -2.11. The zero-order chi connectivity index (χ0) is 18.5. The predicted molar refractivity (Wildman–Crippen MR) is 108 cm³/mol. The number of benzene rings is 1. The van der Waals surface area contributed by atoms with E-state index in [1.54, 1.807) is 11.3 Å². The van der Waals surface area contributed by atoms with Gasteiger partial charge in [0.25, 0.3) is 5.91 Å². The molecular weight excluding hydrogens is 344 g/mol. The van der Waals surface area contributed by atoms with Crippen molar-refractivity contribution in [3.05, 3.63) is 62.9 Å². The molecule has 0 aliphatic heterocycles. The number of carbonyl (C=O) groups is 1. The number of aryl methyl sites for hydroxylation is 2. The van der Waals surface area contributed by atoms with E-state index in [0.717, 1.165) is 30.7 Å². The maximum absolute atomic E-state index is 12.3. The van der Waals surface area contributed by atoms with Gasteiger partial charge in [-0.2, -0.15) is 0 Å². The molecule has 26 heavy (non-hydrogen) atoms. The van der Waals surface area contributed by atoms with Gasteiger partial charge in [-0.1, -0.05) is 30.3 Å². The summed E-state index contributed by atoms with van der Waals surface area (Å²) in [6.07, 6.45) is 5.22. The highest BCUT2D eigenvalue weighted by Gasteiger charge is 2.22. The molecule has 0 fully saturated rings. The molecule has 0 unspecified atom stereocenters. The van der Waals surface area contributed by atoms with Gasteiger partial charge in [0.05, 0.1) is 11.5 Å². The molecule has 4 nitrogen and oxygen atoms in total. The van der Waals surface area contributed by atoms with Crippen LogP contribution in [0.2, 0.25) is 0 Å². The third kappa shape index (κ3) is 4.23. The van der Waals surface area contributed by atoms with E-state index in [2.05, 4.69) is 54.7 Å². The average molecular weight is 371 g/mol. The number of thiophene rings is 1. The van der Waals surface area contributed by atoms with E-state index < -0.39 is 0 Å². The van der Waals surface area contributed by atoms with Crippen LogP contribution in [0.5, 0.6) is 0 Å². The standard InChI is InChI=1S/C21H26N2O2S/c1-23(2)12-5-8-18-17-7-4-3-6-15(17)9-10-16-14-19(26-20(16)18)21(25)22-11-13-24/h3-4,6-8,14,24H,5,9-13H2,1-2H3,(H,22,25). The molecule has 0 atom stereocenters. The van der Waals surface area contributed by atoms with Crippen LogP contribution >= 0.6 is 11.3 Å². The Morgan fingerprint density at radius 2 is 2.04 bits per heavy atom. The van der Waals surface area contributed by atoms with Crippen molar-refractivity contribution in [2.45, 2.75) is 19.3 Å². The summed E-state index contributed by atoms with van der Waals surface area (Å²) in [5, 5.41) is 11.7. The summed E-state index contributed by atoms with van der Waals surface area (Å²) >= 11 is 1.56. The number of nitrogens with one attached hydrogen (secondary N) is 1. The Kier molecular flexibility index (Phi) is 6.25. The minimum Gasteiger partial charge on any atom is -0.395 e. The summed E-state index contributed by atoms with van der Waals surface area (Å²) in [5.74, 6) is -0.0990. The van der Waals surface area contributed by atoms with E-state index in [4.69, 9.17) is 5.11 Å². The van der Waals surface area contributed by atoms with Gasteiger partial charge in [-0.25, -0.2) is 0 Å². The van der Waals surface area contributed by atoms with Crippen molar-refractivity contribution in [2.75, 3.05) is 33.8 Å². The van der Waals surface area contributed by atoms with Gasteiger partial charge >= 0.3 is 0 Å². The van der Waals surface area contributed by atoms with E-state index in [-0.39, 0.29) is 19.1 Å². The van der Waals surface area contributed by atoms with E-state index in [1.807, 2.05) is 6.07 Å². The molecule has 3 rings (SSSR count). The molecule has 1 amide bonds. The molecule has 2 aromatic rings. The smallest absolute Gasteiger partial charge is 0.261 e. The fraction of sp³-hybridized carbons (Fsp3) is 0.381. The third-order valence-electron chi connectivity index (χ3n) is 4.57. The van der Waals surface area contributed by atoms with Crippen molar-refractivity contribution in [3.8, 4) is 0 Å². The second kappa shape index (κ2) is 8.62. The van der Waals surface area contributed by atoms with E-state index in [0.29, 0.717) is 0 Å². The molecule has 0 radical (unpaired) electrons. The molecule has 0 saturated carbocycles. The molecule has 0 saturated heterocycles. The molecule has 2 N–H and O–H groups in total. The first-order chi connectivity index (χ1) is 12.6. The van der Waals surface area contributed by atoms with Crippen LogP contribution in [0.25, 0.3) is 5.57 Å². The average Bonchev–Trinajstić information content (AvgIpc) is 3.00. The van der Waals surface area contributed by atoms with Gasteiger partial charge in [0.1, 0.15) is 0 Å². The van der Waals surface area contributed by atoms with Crippen molar-refractivity contribution >= 4 is 22.8 Å². The van der Waals surface area contributed by atoms with Crippen LogP contribution in [-0.4, -0.2) is 49.7 Å². The molecule has 1 aliphatic carbocycles. The summed E-state index contributed by atoms with van der Waals surface area (Å²) in [7, 11) is 4.17. The van der Waals surface area contributed by atoms with Crippen LogP contribution in [0.4, 0.5) is 0 Å². The Bertz CT molecular complexity index is 808. The van der Waals surface area contributed by atoms with Crippen molar-refractivity contribution in [3.63, 3.8) is 0 Å². The van der Waals surface area contributed by atoms with Crippen molar-refractivity contribution in [1.29, 1.82) is 0 Å². The van der Waals surface area contributed by atoms with E-state index >= 15 is 0 Å². The van der Waals surface area contributed by atoms with Gasteiger partial charge in [0.2, 0.25) is 0 Å². The third-order valence-corrected chi connectivity index (χ3v) is 5.78. The number of amides is 1. The predicted octanol–water partition coefficient (Wildman–Crippen LogP) is 2.95. The first kappa shape index (κ1) is 18.8. The molecule has 1 aromatic carbocycles. The maximum atomic E-state index is 12.3. The maximum Gasteiger partial charge on any atom is 0.261 e. The second-order valence-corrected chi connectivity index (χ2v) is 7.86. The number of carbonyl (C=O) groups excluding carboxylic acids is 1. The minimum absolute atomic E-state index is 0.0418. The molecule has 0 bridgehead atoms. The van der Waals surface area contributed by atoms with E-state index in [1.165, 1.54) is 27.1 Å². The largest absolute Gasteiger partial charge is 0.395 e. The number of rotatable bonds is 6. The van der Waals surface area contributed by atoms with Gasteiger partial charge in [-0.05, 0) is 61.7 Å². The summed E-state index contributed by atoms with van der Waals surface area (Å²) in [4.78, 5) is 16.4.